The molecule has 0 aromatic heterocycles. The number of nitrogens with zero attached hydrogens (tertiary/aromatic N) is 1. The molecule has 1 aliphatic rings. The van der Waals surface area contributed by atoms with Crippen LogP contribution in [-0.2, 0) is 0 Å². The van der Waals surface area contributed by atoms with Crippen LogP contribution in [0.4, 0.5) is 13.2 Å². The first kappa shape index (κ1) is 15.8. The van der Waals surface area contributed by atoms with Gasteiger partial charge in [0.05, 0.1) is 5.92 Å². The second-order valence-electron chi connectivity index (χ2n) is 5.50. The Hall–Kier alpha value is -0.290. The fourth-order valence-electron chi connectivity index (χ4n) is 2.72. The van der Waals surface area contributed by atoms with Crippen molar-refractivity contribution in [1.82, 2.24) is 4.90 Å². The van der Waals surface area contributed by atoms with Gasteiger partial charge in [-0.1, -0.05) is 13.8 Å². The van der Waals surface area contributed by atoms with Crippen molar-refractivity contribution in [2.45, 2.75) is 45.7 Å². The van der Waals surface area contributed by atoms with Crippen LogP contribution in [0.5, 0.6) is 0 Å². The maximum atomic E-state index is 12.6. The third-order valence-corrected chi connectivity index (χ3v) is 4.54. The van der Waals surface area contributed by atoms with Gasteiger partial charge in [0.2, 0.25) is 0 Å². The summed E-state index contributed by atoms with van der Waals surface area (Å²) in [6, 6.07) is 0. The van der Waals surface area contributed by atoms with Crippen LogP contribution in [0.3, 0.4) is 0 Å². The highest BCUT2D eigenvalue weighted by molar-refractivity contribution is 4.85. The van der Waals surface area contributed by atoms with Crippen LogP contribution < -0.4 is 5.73 Å². The second kappa shape index (κ2) is 6.24. The van der Waals surface area contributed by atoms with E-state index in [4.69, 9.17) is 5.73 Å². The largest absolute Gasteiger partial charge is 0.391 e. The van der Waals surface area contributed by atoms with E-state index in [0.29, 0.717) is 19.6 Å². The Morgan fingerprint density at radius 3 is 1.94 bits per heavy atom. The standard InChI is InChI=1S/C13H25F3N2/c1-3-12(4-2,9-17)10-18-7-5-11(6-8-18)13(14,15)16/h11H,3-10,17H2,1-2H3. The van der Waals surface area contributed by atoms with Gasteiger partial charge < -0.3 is 10.6 Å². The van der Waals surface area contributed by atoms with Crippen LogP contribution in [0.1, 0.15) is 39.5 Å². The number of hydrogen-bond donors (Lipinski definition) is 1. The maximum absolute atomic E-state index is 12.6. The predicted molar refractivity (Wildman–Crippen MR) is 67.3 cm³/mol. The van der Waals surface area contributed by atoms with E-state index in [1.54, 1.807) is 0 Å². The molecule has 0 radical (unpaired) electrons. The Morgan fingerprint density at radius 2 is 1.61 bits per heavy atom. The summed E-state index contributed by atoms with van der Waals surface area (Å²) >= 11 is 0. The van der Waals surface area contributed by atoms with Crippen molar-refractivity contribution in [3.63, 3.8) is 0 Å². The smallest absolute Gasteiger partial charge is 0.330 e. The van der Waals surface area contributed by atoms with Crippen molar-refractivity contribution >= 4 is 0 Å². The van der Waals surface area contributed by atoms with Gasteiger partial charge in [-0.25, -0.2) is 0 Å². The molecule has 0 atom stereocenters. The van der Waals surface area contributed by atoms with E-state index in [1.165, 1.54) is 0 Å². The summed E-state index contributed by atoms with van der Waals surface area (Å²) in [7, 11) is 0. The lowest BCUT2D eigenvalue weighted by Crippen LogP contribution is -2.46. The number of alkyl halides is 3. The molecule has 2 N–H and O–H groups in total. The van der Waals surface area contributed by atoms with Crippen LogP contribution >= 0.6 is 0 Å². The molecule has 2 nitrogen and oxygen atoms in total. The Kier molecular flexibility index (Phi) is 5.46. The van der Waals surface area contributed by atoms with Gasteiger partial charge in [-0.2, -0.15) is 13.2 Å². The number of halogens is 3. The summed E-state index contributed by atoms with van der Waals surface area (Å²) in [5, 5.41) is 0. The number of likely N-dealkylation sites (tertiary alicyclic amines) is 1. The van der Waals surface area contributed by atoms with Gasteiger partial charge >= 0.3 is 6.18 Å². The van der Waals surface area contributed by atoms with E-state index in [9.17, 15) is 13.2 Å². The highest BCUT2D eigenvalue weighted by atomic mass is 19.4. The summed E-state index contributed by atoms with van der Waals surface area (Å²) in [5.41, 5.74) is 5.91. The van der Waals surface area contributed by atoms with E-state index in [-0.39, 0.29) is 18.3 Å². The molecule has 0 aromatic rings. The van der Waals surface area contributed by atoms with E-state index in [1.807, 2.05) is 0 Å². The minimum atomic E-state index is -4.02. The summed E-state index contributed by atoms with van der Waals surface area (Å²) in [5.74, 6) is -1.11. The molecule has 0 aromatic carbocycles. The molecule has 1 heterocycles. The third-order valence-electron chi connectivity index (χ3n) is 4.54. The average molecular weight is 266 g/mol. The monoisotopic (exact) mass is 266 g/mol. The fraction of sp³-hybridized carbons (Fsp3) is 1.00. The number of nitrogens with two attached hydrogens (primary N) is 1. The first-order chi connectivity index (χ1) is 8.37. The highest BCUT2D eigenvalue weighted by Gasteiger charge is 2.41. The van der Waals surface area contributed by atoms with Gasteiger partial charge in [-0.15, -0.1) is 0 Å². The summed E-state index contributed by atoms with van der Waals surface area (Å²) in [6.45, 7) is 6.76. The van der Waals surface area contributed by atoms with Crippen LogP contribution in [0, 0.1) is 11.3 Å². The zero-order valence-corrected chi connectivity index (χ0v) is 11.4. The lowest BCUT2D eigenvalue weighted by Gasteiger charge is -2.40. The quantitative estimate of drug-likeness (QED) is 0.828. The van der Waals surface area contributed by atoms with Crippen molar-refractivity contribution in [2.24, 2.45) is 17.1 Å². The molecule has 1 fully saturated rings. The molecule has 1 saturated heterocycles. The van der Waals surface area contributed by atoms with E-state index < -0.39 is 12.1 Å². The predicted octanol–water partition coefficient (Wildman–Crippen LogP) is 3.03. The van der Waals surface area contributed by atoms with Gasteiger partial charge in [-0.05, 0) is 50.7 Å². The molecule has 0 saturated carbocycles. The molecular formula is C13H25F3N2. The third kappa shape index (κ3) is 3.85. The molecular weight excluding hydrogens is 241 g/mol. The molecule has 0 amide bonds. The summed E-state index contributed by atoms with van der Waals surface area (Å²) in [4.78, 5) is 2.15. The zero-order chi connectivity index (χ0) is 13.8. The summed E-state index contributed by atoms with van der Waals surface area (Å²) < 4.78 is 37.7. The van der Waals surface area contributed by atoms with Gasteiger partial charge in [0, 0.05) is 6.54 Å². The fourth-order valence-corrected chi connectivity index (χ4v) is 2.72. The molecule has 0 bridgehead atoms. The minimum Gasteiger partial charge on any atom is -0.330 e. The van der Waals surface area contributed by atoms with E-state index in [2.05, 4.69) is 18.7 Å². The lowest BCUT2D eigenvalue weighted by atomic mass is 9.81. The Labute approximate surface area is 108 Å². The molecule has 0 unspecified atom stereocenters. The molecule has 18 heavy (non-hydrogen) atoms. The molecule has 1 aliphatic heterocycles. The Bertz CT molecular complexity index is 233. The molecule has 1 rings (SSSR count). The number of hydrogen-bond acceptors (Lipinski definition) is 2. The van der Waals surface area contributed by atoms with Crippen molar-refractivity contribution in [3.05, 3.63) is 0 Å². The van der Waals surface area contributed by atoms with Crippen LogP contribution in [0.15, 0.2) is 0 Å². The normalized spacial score (nSPS) is 20.3. The lowest BCUT2D eigenvalue weighted by molar-refractivity contribution is -0.185. The van der Waals surface area contributed by atoms with Crippen molar-refractivity contribution in [2.75, 3.05) is 26.2 Å². The molecule has 5 heteroatoms. The maximum Gasteiger partial charge on any atom is 0.391 e. The van der Waals surface area contributed by atoms with E-state index in [0.717, 1.165) is 19.4 Å². The van der Waals surface area contributed by atoms with Crippen molar-refractivity contribution < 1.29 is 13.2 Å². The molecule has 0 spiro atoms. The van der Waals surface area contributed by atoms with Crippen LogP contribution in [0.2, 0.25) is 0 Å². The van der Waals surface area contributed by atoms with Gasteiger partial charge in [0.15, 0.2) is 0 Å². The van der Waals surface area contributed by atoms with Crippen LogP contribution in [-0.4, -0.2) is 37.3 Å². The highest BCUT2D eigenvalue weighted by Crippen LogP contribution is 2.35. The Balaban J connectivity index is 2.48. The van der Waals surface area contributed by atoms with Gasteiger partial charge in [-0.3, -0.25) is 0 Å². The number of rotatable bonds is 5. The average Bonchev–Trinajstić information content (AvgIpc) is 2.36. The second-order valence-corrected chi connectivity index (χ2v) is 5.50. The topological polar surface area (TPSA) is 29.3 Å². The van der Waals surface area contributed by atoms with Gasteiger partial charge in [0.25, 0.3) is 0 Å². The molecule has 0 aliphatic carbocycles. The first-order valence-corrected chi connectivity index (χ1v) is 6.86. The minimum absolute atomic E-state index is 0.0745. The molecule has 108 valence electrons. The Morgan fingerprint density at radius 1 is 1.11 bits per heavy atom. The van der Waals surface area contributed by atoms with Gasteiger partial charge in [0.1, 0.15) is 0 Å². The zero-order valence-electron chi connectivity index (χ0n) is 11.4. The van der Waals surface area contributed by atoms with Crippen LogP contribution in [0.25, 0.3) is 0 Å². The van der Waals surface area contributed by atoms with Crippen molar-refractivity contribution in [1.29, 1.82) is 0 Å². The summed E-state index contributed by atoms with van der Waals surface area (Å²) in [6.07, 6.45) is -1.58. The van der Waals surface area contributed by atoms with Crippen molar-refractivity contribution in [3.8, 4) is 0 Å². The van der Waals surface area contributed by atoms with E-state index >= 15 is 0 Å². The SMILES string of the molecule is CCC(CC)(CN)CN1CCC(C(F)(F)F)CC1. The number of piperidine rings is 1. The first-order valence-electron chi connectivity index (χ1n) is 6.86.